The number of hydrogen-bond acceptors (Lipinski definition) is 9. The number of carboxylic acid groups (broad SMARTS) is 1. The smallest absolute Gasteiger partial charge is 0.475 e. The van der Waals surface area contributed by atoms with E-state index in [-0.39, 0.29) is 17.4 Å². The highest BCUT2D eigenvalue weighted by Gasteiger charge is 2.38. The average Bonchev–Trinajstić information content (AvgIpc) is 3.41. The van der Waals surface area contributed by atoms with Crippen molar-refractivity contribution in [3.63, 3.8) is 0 Å². The normalized spacial score (nSPS) is 18.2. The molecule has 0 saturated carbocycles. The lowest BCUT2D eigenvalue weighted by Crippen LogP contribution is -2.24. The van der Waals surface area contributed by atoms with Crippen molar-refractivity contribution >= 4 is 44.2 Å². The van der Waals surface area contributed by atoms with Gasteiger partial charge in [-0.15, -0.1) is 0 Å². The van der Waals surface area contributed by atoms with Crippen LogP contribution in [0.3, 0.4) is 0 Å². The van der Waals surface area contributed by atoms with Crippen LogP contribution in [0.5, 0.6) is 0 Å². The Kier molecular flexibility index (Phi) is 6.86. The molecule has 1 aromatic carbocycles. The number of nitrogens with zero attached hydrogens (tertiary/aromatic N) is 2. The summed E-state index contributed by atoms with van der Waals surface area (Å²) in [5.41, 5.74) is 1.57. The summed E-state index contributed by atoms with van der Waals surface area (Å²) in [5.74, 6) is -1.87. The van der Waals surface area contributed by atoms with E-state index in [4.69, 9.17) is 9.90 Å². The number of benzene rings is 1. The molecule has 5 rings (SSSR count). The molecule has 0 radical (unpaired) electrons. The predicted octanol–water partition coefficient (Wildman–Crippen LogP) is 1.80. The number of sulfone groups is 1. The second kappa shape index (κ2) is 9.73. The maximum atomic E-state index is 12.4. The molecule has 3 aromatic rings. The van der Waals surface area contributed by atoms with E-state index in [1.54, 1.807) is 30.5 Å². The third-order valence-corrected chi connectivity index (χ3v) is 7.35. The lowest BCUT2D eigenvalue weighted by molar-refractivity contribution is -0.192. The van der Waals surface area contributed by atoms with Crippen molar-refractivity contribution in [1.82, 2.24) is 20.3 Å². The van der Waals surface area contributed by atoms with Crippen molar-refractivity contribution in [1.29, 1.82) is 0 Å². The van der Waals surface area contributed by atoms with E-state index in [1.165, 1.54) is 0 Å². The van der Waals surface area contributed by atoms with Gasteiger partial charge in [-0.3, -0.25) is 4.79 Å². The number of aromatic nitrogens is 3. The summed E-state index contributed by atoms with van der Waals surface area (Å²) in [6.45, 7) is 1.75. The first-order valence-corrected chi connectivity index (χ1v) is 12.4. The number of carbonyl (C=O) groups is 1. The molecule has 1 atom stereocenters. The Morgan fingerprint density at radius 2 is 1.94 bits per heavy atom. The molecule has 2 aliphatic heterocycles. The van der Waals surface area contributed by atoms with Crippen LogP contribution in [0.4, 0.5) is 30.6 Å². The molecule has 36 heavy (non-hydrogen) atoms. The largest absolute Gasteiger partial charge is 0.490 e. The van der Waals surface area contributed by atoms with Gasteiger partial charge in [-0.25, -0.2) is 18.2 Å². The highest BCUT2D eigenvalue weighted by molar-refractivity contribution is 7.91. The highest BCUT2D eigenvalue weighted by Crippen LogP contribution is 2.30. The van der Waals surface area contributed by atoms with Gasteiger partial charge >= 0.3 is 12.1 Å². The molecule has 5 N–H and O–H groups in total. The van der Waals surface area contributed by atoms with Gasteiger partial charge in [0.25, 0.3) is 5.56 Å². The van der Waals surface area contributed by atoms with Gasteiger partial charge in [-0.2, -0.15) is 18.2 Å². The Bertz CT molecular complexity index is 1470. The second-order valence-electron chi connectivity index (χ2n) is 8.12. The zero-order valence-corrected chi connectivity index (χ0v) is 19.3. The summed E-state index contributed by atoms with van der Waals surface area (Å²) >= 11 is 0. The fourth-order valence-corrected chi connectivity index (χ4v) is 5.41. The second-order valence-corrected chi connectivity index (χ2v) is 10.2. The van der Waals surface area contributed by atoms with Gasteiger partial charge in [0.15, 0.2) is 9.84 Å². The van der Waals surface area contributed by atoms with Crippen LogP contribution in [0.1, 0.15) is 12.0 Å². The van der Waals surface area contributed by atoms with E-state index in [9.17, 15) is 26.4 Å². The van der Waals surface area contributed by atoms with Gasteiger partial charge in [-0.1, -0.05) is 6.07 Å². The Labute approximate surface area is 202 Å². The fraction of sp³-hybridized carbons (Fsp3) is 0.333. The lowest BCUT2D eigenvalue weighted by Gasteiger charge is -2.14. The molecule has 0 amide bonds. The summed E-state index contributed by atoms with van der Waals surface area (Å²) in [6, 6.07) is 7.15. The Morgan fingerprint density at radius 3 is 2.61 bits per heavy atom. The Balaban J connectivity index is 0.000000384. The minimum atomic E-state index is -5.08. The first-order chi connectivity index (χ1) is 16.9. The first-order valence-electron chi connectivity index (χ1n) is 10.7. The van der Waals surface area contributed by atoms with Gasteiger partial charge in [0.2, 0.25) is 5.95 Å². The number of nitrogens with one attached hydrogen (secondary N) is 4. The Morgan fingerprint density at radius 1 is 1.19 bits per heavy atom. The molecule has 0 bridgehead atoms. The van der Waals surface area contributed by atoms with Crippen molar-refractivity contribution in [3.05, 3.63) is 46.4 Å². The van der Waals surface area contributed by atoms with Gasteiger partial charge in [0, 0.05) is 24.5 Å². The van der Waals surface area contributed by atoms with Crippen LogP contribution in [0.2, 0.25) is 0 Å². The maximum absolute atomic E-state index is 12.4. The van der Waals surface area contributed by atoms with Crippen molar-refractivity contribution in [2.45, 2.75) is 30.0 Å². The third kappa shape index (κ3) is 5.57. The first kappa shape index (κ1) is 25.4. The summed E-state index contributed by atoms with van der Waals surface area (Å²) in [4.78, 5) is 33.3. The van der Waals surface area contributed by atoms with Crippen LogP contribution >= 0.6 is 0 Å². The molecule has 4 heterocycles. The van der Waals surface area contributed by atoms with Crippen LogP contribution in [-0.4, -0.2) is 65.5 Å². The summed E-state index contributed by atoms with van der Waals surface area (Å²) < 4.78 is 56.2. The number of aromatic amines is 1. The number of pyridine rings is 1. The number of aliphatic carboxylic acids is 1. The summed E-state index contributed by atoms with van der Waals surface area (Å²) in [6.07, 6.45) is -2.05. The van der Waals surface area contributed by atoms with Gasteiger partial charge in [0.1, 0.15) is 11.2 Å². The van der Waals surface area contributed by atoms with E-state index >= 15 is 0 Å². The number of halogens is 3. The molecule has 2 aromatic heterocycles. The van der Waals surface area contributed by atoms with Gasteiger partial charge < -0.3 is 26.0 Å². The molecule has 192 valence electrons. The van der Waals surface area contributed by atoms with Crippen LogP contribution in [0, 0.1) is 0 Å². The zero-order valence-electron chi connectivity index (χ0n) is 18.5. The van der Waals surface area contributed by atoms with Crippen LogP contribution in [0.25, 0.3) is 10.9 Å². The van der Waals surface area contributed by atoms with Gasteiger partial charge in [0.05, 0.1) is 16.2 Å². The highest BCUT2D eigenvalue weighted by atomic mass is 32.2. The molecule has 1 saturated heterocycles. The maximum Gasteiger partial charge on any atom is 0.490 e. The average molecular weight is 526 g/mol. The molecule has 15 heteroatoms. The molecular weight excluding hydrogens is 505 g/mol. The number of alkyl halides is 3. The number of anilines is 3. The predicted molar refractivity (Wildman–Crippen MR) is 124 cm³/mol. The monoisotopic (exact) mass is 526 g/mol. The number of carboxylic acids is 1. The summed E-state index contributed by atoms with van der Waals surface area (Å²) in [7, 11) is -3.25. The standard InChI is InChI=1S/C19H20N6O3S.C2HF3O2/c26-18-16-14(4-7-21-18)24-19(23-13-3-6-20-10-13)25-17(16)22-12-2-1-11-5-8-29(27,28)15(11)9-12;3-2(4,5)1(6)7/h1-2,4,7,9,13,20H,3,5-6,8,10H2,(H,21,26)(H2,22,23,24,25);(H,6,7)/t13-;/m1./s1. The van der Waals surface area contributed by atoms with Crippen molar-refractivity contribution in [2.24, 2.45) is 0 Å². The minimum absolute atomic E-state index is 0.130. The molecule has 2 aliphatic rings. The number of fused-ring (bicyclic) bond motifs is 2. The van der Waals surface area contributed by atoms with E-state index in [1.807, 2.05) is 0 Å². The molecule has 0 unspecified atom stereocenters. The van der Waals surface area contributed by atoms with E-state index in [2.05, 4.69) is 30.9 Å². The van der Waals surface area contributed by atoms with E-state index in [0.29, 0.717) is 39.7 Å². The van der Waals surface area contributed by atoms with Crippen molar-refractivity contribution in [3.8, 4) is 0 Å². The van der Waals surface area contributed by atoms with E-state index in [0.717, 1.165) is 25.1 Å². The number of rotatable bonds is 4. The third-order valence-electron chi connectivity index (χ3n) is 5.56. The Hall–Kier alpha value is -3.72. The fourth-order valence-electron chi connectivity index (χ4n) is 3.83. The SMILES string of the molecule is O=C(O)C(F)(F)F.O=c1[nH]ccc2nc(N[C@@H]3CCNC3)nc(Nc3ccc4c(c3)S(=O)(=O)CC4)c12. The lowest BCUT2D eigenvalue weighted by atomic mass is 10.1. The van der Waals surface area contributed by atoms with E-state index < -0.39 is 22.0 Å². The number of aryl methyl sites for hydroxylation is 1. The molecule has 1 fully saturated rings. The number of H-pyrrole nitrogens is 1. The molecule has 0 spiro atoms. The van der Waals surface area contributed by atoms with Crippen molar-refractivity contribution < 1.29 is 31.5 Å². The van der Waals surface area contributed by atoms with Crippen molar-refractivity contribution in [2.75, 3.05) is 29.5 Å². The zero-order chi connectivity index (χ0) is 26.1. The quantitative estimate of drug-likeness (QED) is 0.338. The van der Waals surface area contributed by atoms with Crippen LogP contribution in [0.15, 0.2) is 40.2 Å². The van der Waals surface area contributed by atoms with Crippen LogP contribution < -0.4 is 21.5 Å². The number of hydrogen-bond donors (Lipinski definition) is 5. The van der Waals surface area contributed by atoms with Crippen LogP contribution in [-0.2, 0) is 21.1 Å². The summed E-state index contributed by atoms with van der Waals surface area (Å²) in [5, 5.41) is 17.2. The topological polar surface area (TPSA) is 166 Å². The molecule has 0 aliphatic carbocycles. The minimum Gasteiger partial charge on any atom is -0.475 e. The molecule has 11 nitrogen and oxygen atoms in total. The molecular formula is C21H21F3N6O5S. The van der Waals surface area contributed by atoms with Gasteiger partial charge in [-0.05, 0) is 43.1 Å².